The third-order valence-corrected chi connectivity index (χ3v) is 5.47. The van der Waals surface area contributed by atoms with Gasteiger partial charge in [-0.3, -0.25) is 9.59 Å². The average Bonchev–Trinajstić information content (AvgIpc) is 3.07. The molecule has 7 heteroatoms. The number of carbonyl (C=O) groups is 2. The van der Waals surface area contributed by atoms with Gasteiger partial charge in [0.05, 0.1) is 11.5 Å². The van der Waals surface area contributed by atoms with Crippen LogP contribution in [0.1, 0.15) is 33.1 Å². The molecule has 2 aliphatic heterocycles. The molecule has 0 aliphatic carbocycles. The van der Waals surface area contributed by atoms with Gasteiger partial charge in [-0.15, -0.1) is 0 Å². The average molecular weight is 361 g/mol. The minimum atomic E-state index is -0.398. The molecule has 1 unspecified atom stereocenters. The molecule has 0 spiro atoms. The lowest BCUT2D eigenvalue weighted by Crippen LogP contribution is -2.54. The van der Waals surface area contributed by atoms with E-state index in [1.54, 1.807) is 17.0 Å². The van der Waals surface area contributed by atoms with E-state index in [1.807, 2.05) is 19.9 Å². The Morgan fingerprint density at radius 2 is 1.96 bits per heavy atom. The van der Waals surface area contributed by atoms with Crippen LogP contribution in [0.3, 0.4) is 0 Å². The maximum absolute atomic E-state index is 12.7. The summed E-state index contributed by atoms with van der Waals surface area (Å²) in [6.45, 7) is 5.78. The summed E-state index contributed by atoms with van der Waals surface area (Å²) in [6.07, 6.45) is 1.73. The summed E-state index contributed by atoms with van der Waals surface area (Å²) >= 11 is 0. The Morgan fingerprint density at radius 1 is 1.27 bits per heavy atom. The Balaban J connectivity index is 1.71. The van der Waals surface area contributed by atoms with Crippen molar-refractivity contribution in [3.05, 3.63) is 18.2 Å². The molecular weight excluding hydrogens is 334 g/mol. The minimum Gasteiger partial charge on any atom is -0.486 e. The zero-order valence-electron chi connectivity index (χ0n) is 15.4. The van der Waals surface area contributed by atoms with Gasteiger partial charge in [-0.05, 0) is 25.0 Å². The second-order valence-corrected chi connectivity index (χ2v) is 6.91. The number of hydrogen-bond acceptors (Lipinski definition) is 5. The van der Waals surface area contributed by atoms with Crippen molar-refractivity contribution in [1.82, 2.24) is 5.32 Å². The summed E-state index contributed by atoms with van der Waals surface area (Å²) in [4.78, 5) is 26.8. The van der Waals surface area contributed by atoms with Crippen molar-refractivity contribution in [1.29, 1.82) is 0 Å². The van der Waals surface area contributed by atoms with Crippen molar-refractivity contribution >= 4 is 17.5 Å². The maximum atomic E-state index is 12.7. The van der Waals surface area contributed by atoms with Crippen LogP contribution < -0.4 is 25.4 Å². The second kappa shape index (κ2) is 7.53. The topological polar surface area (TPSA) is 93.9 Å². The Hall–Kier alpha value is -2.28. The van der Waals surface area contributed by atoms with Gasteiger partial charge >= 0.3 is 0 Å². The predicted octanol–water partition coefficient (Wildman–Crippen LogP) is 1.44. The van der Waals surface area contributed by atoms with E-state index in [2.05, 4.69) is 5.32 Å². The van der Waals surface area contributed by atoms with E-state index in [1.165, 1.54) is 0 Å². The number of nitrogens with one attached hydrogen (secondary N) is 1. The zero-order chi connectivity index (χ0) is 18.7. The highest BCUT2D eigenvalue weighted by molar-refractivity contribution is 6.00. The number of benzene rings is 1. The number of anilines is 1. The quantitative estimate of drug-likeness (QED) is 0.800. The van der Waals surface area contributed by atoms with Gasteiger partial charge in [0.15, 0.2) is 11.5 Å². The lowest BCUT2D eigenvalue weighted by atomic mass is 9.91. The number of amides is 2. The molecule has 1 atom stereocenters. The number of fused-ring (bicyclic) bond motifs is 1. The molecule has 2 heterocycles. The summed E-state index contributed by atoms with van der Waals surface area (Å²) in [5, 5.41) is 3.08. The number of rotatable bonds is 6. The molecule has 2 amide bonds. The number of nitrogens with two attached hydrogens (primary N) is 1. The lowest BCUT2D eigenvalue weighted by Gasteiger charge is -2.32. The van der Waals surface area contributed by atoms with E-state index < -0.39 is 5.54 Å². The van der Waals surface area contributed by atoms with E-state index in [0.717, 1.165) is 18.5 Å². The van der Waals surface area contributed by atoms with Crippen molar-refractivity contribution in [2.24, 2.45) is 11.7 Å². The minimum absolute atomic E-state index is 0.0619. The molecule has 0 radical (unpaired) electrons. The van der Waals surface area contributed by atoms with Gasteiger partial charge in [0.1, 0.15) is 13.2 Å². The molecule has 3 rings (SSSR count). The molecular formula is C19H27N3O4. The summed E-state index contributed by atoms with van der Waals surface area (Å²) in [5.74, 6) is 0.772. The molecule has 0 bridgehead atoms. The third kappa shape index (κ3) is 3.49. The van der Waals surface area contributed by atoms with Gasteiger partial charge in [0.2, 0.25) is 11.8 Å². The predicted molar refractivity (Wildman–Crippen MR) is 98.4 cm³/mol. The number of ether oxygens (including phenoxy) is 2. The van der Waals surface area contributed by atoms with E-state index in [0.29, 0.717) is 37.8 Å². The molecule has 26 heavy (non-hydrogen) atoms. The van der Waals surface area contributed by atoms with Crippen LogP contribution in [0.4, 0.5) is 5.69 Å². The second-order valence-electron chi connectivity index (χ2n) is 6.91. The molecule has 1 fully saturated rings. The smallest absolute Gasteiger partial charge is 0.227 e. The molecule has 1 aromatic rings. The summed E-state index contributed by atoms with van der Waals surface area (Å²) in [5.41, 5.74) is 6.20. The van der Waals surface area contributed by atoms with E-state index in [4.69, 9.17) is 15.2 Å². The highest BCUT2D eigenvalue weighted by Crippen LogP contribution is 2.36. The Kier molecular flexibility index (Phi) is 5.36. The van der Waals surface area contributed by atoms with Crippen molar-refractivity contribution in [3.63, 3.8) is 0 Å². The van der Waals surface area contributed by atoms with Gasteiger partial charge < -0.3 is 25.4 Å². The van der Waals surface area contributed by atoms with Gasteiger partial charge in [-0.2, -0.15) is 0 Å². The van der Waals surface area contributed by atoms with Crippen LogP contribution in [0, 0.1) is 5.92 Å². The van der Waals surface area contributed by atoms with Crippen LogP contribution in [-0.2, 0) is 9.59 Å². The molecule has 2 aliphatic rings. The van der Waals surface area contributed by atoms with Crippen LogP contribution in [0.15, 0.2) is 18.2 Å². The van der Waals surface area contributed by atoms with Crippen molar-refractivity contribution < 1.29 is 19.1 Å². The van der Waals surface area contributed by atoms with Crippen molar-refractivity contribution in [3.8, 4) is 11.5 Å². The monoisotopic (exact) mass is 361 g/mol. The largest absolute Gasteiger partial charge is 0.486 e. The van der Waals surface area contributed by atoms with Crippen LogP contribution in [0.25, 0.3) is 0 Å². The summed E-state index contributed by atoms with van der Waals surface area (Å²) in [6, 6.07) is 5.43. The summed E-state index contributed by atoms with van der Waals surface area (Å²) in [7, 11) is 0. The van der Waals surface area contributed by atoms with E-state index in [-0.39, 0.29) is 24.2 Å². The van der Waals surface area contributed by atoms with Crippen molar-refractivity contribution in [2.75, 3.05) is 31.2 Å². The first kappa shape index (κ1) is 18.5. The van der Waals surface area contributed by atoms with Gasteiger partial charge in [0.25, 0.3) is 0 Å². The third-order valence-electron chi connectivity index (χ3n) is 5.47. The molecule has 1 aromatic carbocycles. The van der Waals surface area contributed by atoms with Gasteiger partial charge in [0, 0.05) is 31.3 Å². The number of carbonyl (C=O) groups excluding carboxylic acids is 2. The molecule has 1 saturated heterocycles. The van der Waals surface area contributed by atoms with Crippen LogP contribution >= 0.6 is 0 Å². The van der Waals surface area contributed by atoms with Gasteiger partial charge in [-0.25, -0.2) is 0 Å². The standard InChI is InChI=1S/C19H27N3O4/c1-3-19(4-2,12-20)21-18(24)13-9-17(23)22(11-13)14-5-6-15-16(10-14)26-8-7-25-15/h5-6,10,13H,3-4,7-9,11-12,20H2,1-2H3,(H,21,24). The fraction of sp³-hybridized carbons (Fsp3) is 0.579. The highest BCUT2D eigenvalue weighted by atomic mass is 16.6. The Morgan fingerprint density at radius 3 is 2.62 bits per heavy atom. The first-order valence-corrected chi connectivity index (χ1v) is 9.24. The van der Waals surface area contributed by atoms with Crippen LogP contribution in [0.2, 0.25) is 0 Å². The van der Waals surface area contributed by atoms with Gasteiger partial charge in [-0.1, -0.05) is 13.8 Å². The SMILES string of the molecule is CCC(CC)(CN)NC(=O)C1CC(=O)N(c2ccc3c(c2)OCCO3)C1. The first-order valence-electron chi connectivity index (χ1n) is 9.24. The molecule has 0 saturated carbocycles. The van der Waals surface area contributed by atoms with Crippen LogP contribution in [0.5, 0.6) is 11.5 Å². The number of hydrogen-bond donors (Lipinski definition) is 2. The first-order chi connectivity index (χ1) is 12.5. The molecule has 3 N–H and O–H groups in total. The highest BCUT2D eigenvalue weighted by Gasteiger charge is 2.38. The van der Waals surface area contributed by atoms with E-state index in [9.17, 15) is 9.59 Å². The fourth-order valence-electron chi connectivity index (χ4n) is 3.46. The molecule has 0 aromatic heterocycles. The normalized spacial score (nSPS) is 19.6. The summed E-state index contributed by atoms with van der Waals surface area (Å²) < 4.78 is 11.1. The maximum Gasteiger partial charge on any atom is 0.227 e. The Labute approximate surface area is 153 Å². The Bertz CT molecular complexity index is 679. The zero-order valence-corrected chi connectivity index (χ0v) is 15.4. The van der Waals surface area contributed by atoms with Crippen molar-refractivity contribution in [2.45, 2.75) is 38.6 Å². The molecule has 142 valence electrons. The van der Waals surface area contributed by atoms with Crippen LogP contribution in [-0.4, -0.2) is 43.7 Å². The molecule has 7 nitrogen and oxygen atoms in total. The lowest BCUT2D eigenvalue weighted by molar-refractivity contribution is -0.128. The van der Waals surface area contributed by atoms with E-state index >= 15 is 0 Å². The fourth-order valence-corrected chi connectivity index (χ4v) is 3.46. The number of nitrogens with zero attached hydrogens (tertiary/aromatic N) is 1.